The summed E-state index contributed by atoms with van der Waals surface area (Å²) in [6, 6.07) is 9.99. The molecular formula is C15H22ClNO2S. The number of hydrogen-bond donors (Lipinski definition) is 0. The molecule has 1 aromatic rings. The maximum absolute atomic E-state index is 12.5. The zero-order valence-corrected chi connectivity index (χ0v) is 13.2. The second-order valence-corrected chi connectivity index (χ2v) is 7.71. The minimum absolute atomic E-state index is 0.190. The van der Waals surface area contributed by atoms with Crippen molar-refractivity contribution in [3.8, 4) is 0 Å². The van der Waals surface area contributed by atoms with Crippen LogP contribution in [0.1, 0.15) is 31.2 Å². The molecule has 0 atom stereocenters. The first kappa shape index (κ1) is 15.8. The molecule has 0 spiro atoms. The fourth-order valence-corrected chi connectivity index (χ4v) is 4.37. The summed E-state index contributed by atoms with van der Waals surface area (Å²) >= 11 is 5.71. The van der Waals surface area contributed by atoms with Gasteiger partial charge in [-0.1, -0.05) is 36.8 Å². The van der Waals surface area contributed by atoms with Crippen LogP contribution in [0.2, 0.25) is 0 Å². The van der Waals surface area contributed by atoms with Gasteiger partial charge in [0.25, 0.3) is 0 Å². The molecule has 1 aromatic carbocycles. The molecule has 3 nitrogen and oxygen atoms in total. The fourth-order valence-electron chi connectivity index (χ4n) is 2.45. The maximum atomic E-state index is 12.5. The van der Waals surface area contributed by atoms with Crippen LogP contribution in [0.5, 0.6) is 0 Å². The third-order valence-corrected chi connectivity index (χ3v) is 6.03. The molecule has 0 aromatic heterocycles. The summed E-state index contributed by atoms with van der Waals surface area (Å²) in [6.45, 7) is 0.561. The van der Waals surface area contributed by atoms with Gasteiger partial charge in [-0.2, -0.15) is 4.31 Å². The number of sulfonamides is 1. The van der Waals surface area contributed by atoms with Crippen molar-refractivity contribution >= 4 is 21.6 Å². The number of alkyl halides is 1. The third-order valence-electron chi connectivity index (χ3n) is 3.84. The Balaban J connectivity index is 1.98. The molecule has 0 saturated heterocycles. The Morgan fingerprint density at radius 1 is 1.20 bits per heavy atom. The Hall–Kier alpha value is -0.580. The van der Waals surface area contributed by atoms with Crippen LogP contribution >= 0.6 is 11.6 Å². The van der Waals surface area contributed by atoms with Gasteiger partial charge in [-0.25, -0.2) is 8.42 Å². The van der Waals surface area contributed by atoms with Crippen LogP contribution in [0.4, 0.5) is 0 Å². The molecule has 0 N–H and O–H groups in total. The minimum Gasteiger partial charge on any atom is -0.212 e. The van der Waals surface area contributed by atoms with E-state index in [1.165, 1.54) is 0 Å². The van der Waals surface area contributed by atoms with Crippen LogP contribution in [0.3, 0.4) is 0 Å². The Labute approximate surface area is 127 Å². The lowest BCUT2D eigenvalue weighted by Crippen LogP contribution is -2.46. The van der Waals surface area contributed by atoms with E-state index in [0.717, 1.165) is 31.2 Å². The Morgan fingerprint density at radius 3 is 2.45 bits per heavy atom. The summed E-state index contributed by atoms with van der Waals surface area (Å²) < 4.78 is 26.8. The van der Waals surface area contributed by atoms with E-state index in [1.807, 2.05) is 30.3 Å². The van der Waals surface area contributed by atoms with Crippen LogP contribution in [0.15, 0.2) is 30.3 Å². The predicted octanol–water partition coefficient (Wildman–Crippen LogP) is 3.04. The average molecular weight is 316 g/mol. The highest BCUT2D eigenvalue weighted by atomic mass is 35.5. The Morgan fingerprint density at radius 2 is 1.90 bits per heavy atom. The zero-order valence-electron chi connectivity index (χ0n) is 11.7. The molecule has 0 heterocycles. The summed E-state index contributed by atoms with van der Waals surface area (Å²) in [6.07, 6.45) is 4.42. The highest BCUT2D eigenvalue weighted by molar-refractivity contribution is 7.89. The first-order valence-corrected chi connectivity index (χ1v) is 9.37. The first-order chi connectivity index (χ1) is 9.63. The van der Waals surface area contributed by atoms with Crippen molar-refractivity contribution in [2.24, 2.45) is 0 Å². The van der Waals surface area contributed by atoms with Crippen LogP contribution in [-0.4, -0.2) is 36.9 Å². The van der Waals surface area contributed by atoms with Gasteiger partial charge in [-0.05, 0) is 31.2 Å². The van der Waals surface area contributed by atoms with Crippen LogP contribution in [-0.2, 0) is 16.4 Å². The highest BCUT2D eigenvalue weighted by Gasteiger charge is 2.32. The first-order valence-electron chi connectivity index (χ1n) is 7.23. The van der Waals surface area contributed by atoms with E-state index < -0.39 is 10.0 Å². The molecule has 0 bridgehead atoms. The van der Waals surface area contributed by atoms with Crippen molar-refractivity contribution in [3.63, 3.8) is 0 Å². The van der Waals surface area contributed by atoms with Crippen LogP contribution in [0, 0.1) is 0 Å². The second kappa shape index (κ2) is 7.43. The number of nitrogens with zero attached hydrogens (tertiary/aromatic N) is 1. The molecular weight excluding hydrogens is 294 g/mol. The molecule has 20 heavy (non-hydrogen) atoms. The van der Waals surface area contributed by atoms with E-state index in [9.17, 15) is 8.42 Å². The van der Waals surface area contributed by atoms with E-state index in [1.54, 1.807) is 4.31 Å². The largest absolute Gasteiger partial charge is 0.214 e. The number of benzene rings is 1. The quantitative estimate of drug-likeness (QED) is 0.691. The van der Waals surface area contributed by atoms with Crippen molar-refractivity contribution in [1.82, 2.24) is 4.31 Å². The lowest BCUT2D eigenvalue weighted by molar-refractivity contribution is 0.220. The van der Waals surface area contributed by atoms with Gasteiger partial charge in [0, 0.05) is 18.5 Å². The number of halogens is 1. The van der Waals surface area contributed by atoms with E-state index in [4.69, 9.17) is 11.6 Å². The molecule has 0 radical (unpaired) electrons. The van der Waals surface area contributed by atoms with Crippen molar-refractivity contribution in [2.45, 2.75) is 38.1 Å². The van der Waals surface area contributed by atoms with Crippen LogP contribution in [0.25, 0.3) is 0 Å². The van der Waals surface area contributed by atoms with Gasteiger partial charge in [0.2, 0.25) is 10.0 Å². The van der Waals surface area contributed by atoms with E-state index in [2.05, 4.69) is 0 Å². The lowest BCUT2D eigenvalue weighted by atomic mass is 9.93. The highest BCUT2D eigenvalue weighted by Crippen LogP contribution is 2.27. The molecule has 0 unspecified atom stereocenters. The fraction of sp³-hybridized carbons (Fsp3) is 0.600. The normalized spacial score (nSPS) is 16.3. The van der Waals surface area contributed by atoms with Gasteiger partial charge >= 0.3 is 0 Å². The van der Waals surface area contributed by atoms with Crippen LogP contribution < -0.4 is 0 Å². The number of aryl methyl sites for hydroxylation is 1. The monoisotopic (exact) mass is 315 g/mol. The smallest absolute Gasteiger partial charge is 0.212 e. The van der Waals surface area contributed by atoms with Gasteiger partial charge in [0.05, 0.1) is 5.75 Å². The Kier molecular flexibility index (Phi) is 5.87. The summed E-state index contributed by atoms with van der Waals surface area (Å²) in [5.74, 6) is 0.702. The van der Waals surface area contributed by atoms with E-state index >= 15 is 0 Å². The summed E-state index contributed by atoms with van der Waals surface area (Å²) in [5.41, 5.74) is 1.07. The standard InChI is InChI=1S/C15H22ClNO2S/c16-11-5-12-17(15-8-4-9-15)20(18,19)13-10-14-6-2-1-3-7-14/h1-3,6-7,15H,4-5,8-13H2. The maximum Gasteiger partial charge on any atom is 0.214 e. The van der Waals surface area contributed by atoms with Crippen molar-refractivity contribution in [1.29, 1.82) is 0 Å². The van der Waals surface area contributed by atoms with Gasteiger partial charge in [-0.15, -0.1) is 11.6 Å². The topological polar surface area (TPSA) is 37.4 Å². The summed E-state index contributed by atoms with van der Waals surface area (Å²) in [4.78, 5) is 0. The average Bonchev–Trinajstić information content (AvgIpc) is 2.40. The van der Waals surface area contributed by atoms with Gasteiger partial charge in [0.1, 0.15) is 0 Å². The number of rotatable bonds is 8. The lowest BCUT2D eigenvalue weighted by Gasteiger charge is -2.36. The zero-order chi connectivity index (χ0) is 14.4. The minimum atomic E-state index is -3.18. The van der Waals surface area contributed by atoms with Crippen molar-refractivity contribution < 1.29 is 8.42 Å². The molecule has 1 aliphatic rings. The van der Waals surface area contributed by atoms with Gasteiger partial charge < -0.3 is 0 Å². The van der Waals surface area contributed by atoms with E-state index in [0.29, 0.717) is 18.8 Å². The van der Waals surface area contributed by atoms with Gasteiger partial charge in [-0.3, -0.25) is 0 Å². The molecule has 5 heteroatoms. The molecule has 1 aliphatic carbocycles. The predicted molar refractivity (Wildman–Crippen MR) is 83.6 cm³/mol. The van der Waals surface area contributed by atoms with Gasteiger partial charge in [0.15, 0.2) is 0 Å². The van der Waals surface area contributed by atoms with E-state index in [-0.39, 0.29) is 11.8 Å². The third kappa shape index (κ3) is 4.21. The molecule has 1 fully saturated rings. The molecule has 0 amide bonds. The van der Waals surface area contributed by atoms with Crippen molar-refractivity contribution in [3.05, 3.63) is 35.9 Å². The summed E-state index contributed by atoms with van der Waals surface area (Å²) in [5, 5.41) is 0. The molecule has 0 aliphatic heterocycles. The second-order valence-electron chi connectivity index (χ2n) is 5.29. The SMILES string of the molecule is O=S(=O)(CCc1ccccc1)N(CCCCl)C1CCC1. The Bertz CT molecular complexity index is 500. The molecule has 112 valence electrons. The number of hydrogen-bond acceptors (Lipinski definition) is 2. The van der Waals surface area contributed by atoms with Crippen molar-refractivity contribution in [2.75, 3.05) is 18.2 Å². The molecule has 2 rings (SSSR count). The molecule has 1 saturated carbocycles. The summed E-state index contributed by atoms with van der Waals surface area (Å²) in [7, 11) is -3.18.